The Kier molecular flexibility index (Phi) is 10.5. The molecule has 2 aromatic carbocycles. The summed E-state index contributed by atoms with van der Waals surface area (Å²) >= 11 is 0. The molecule has 1 heterocycles. The van der Waals surface area contributed by atoms with Crippen molar-refractivity contribution in [2.75, 3.05) is 20.1 Å². The van der Waals surface area contributed by atoms with Crippen LogP contribution in [0.3, 0.4) is 0 Å². The molecule has 216 valence electrons. The van der Waals surface area contributed by atoms with E-state index >= 15 is 0 Å². The topological polar surface area (TPSA) is 81.1 Å². The Labute approximate surface area is 220 Å². The van der Waals surface area contributed by atoms with Gasteiger partial charge in [-0.25, -0.2) is 14.0 Å². The van der Waals surface area contributed by atoms with Gasteiger partial charge in [0.05, 0.1) is 0 Å². The first-order valence-electron chi connectivity index (χ1n) is 11.8. The highest BCUT2D eigenvalue weighted by atomic mass is 19.4. The Morgan fingerprint density at radius 1 is 0.897 bits per heavy atom. The van der Waals surface area contributed by atoms with Crippen LogP contribution in [-0.2, 0) is 16.1 Å². The number of likely N-dealkylation sites (tertiary alicyclic amines) is 1. The van der Waals surface area contributed by atoms with Crippen LogP contribution in [0.25, 0.3) is 0 Å². The third-order valence-corrected chi connectivity index (χ3v) is 6.62. The smallest absolute Gasteiger partial charge is 0.475 e. The zero-order valence-corrected chi connectivity index (χ0v) is 21.3. The average molecular weight is 567 g/mol. The summed E-state index contributed by atoms with van der Waals surface area (Å²) in [6.07, 6.45) is -10.2. The van der Waals surface area contributed by atoms with Crippen molar-refractivity contribution in [3.05, 3.63) is 71.0 Å². The van der Waals surface area contributed by atoms with Gasteiger partial charge in [-0.15, -0.1) is 0 Å². The second-order valence-corrected chi connectivity index (χ2v) is 9.53. The molecule has 2 aromatic rings. The van der Waals surface area contributed by atoms with Gasteiger partial charge in [-0.05, 0) is 55.6 Å². The number of fused-ring (bicyclic) bond motifs is 3. The molecular weight excluding hydrogens is 537 g/mol. The van der Waals surface area contributed by atoms with Crippen molar-refractivity contribution in [1.29, 1.82) is 0 Å². The minimum atomic E-state index is -5.08. The van der Waals surface area contributed by atoms with E-state index in [0.717, 1.165) is 19.6 Å². The van der Waals surface area contributed by atoms with Crippen LogP contribution < -0.4 is 0 Å². The van der Waals surface area contributed by atoms with E-state index in [0.29, 0.717) is 23.9 Å². The van der Waals surface area contributed by atoms with Crippen LogP contribution in [0.5, 0.6) is 0 Å². The number of aliphatic carboxylic acids is 2. The van der Waals surface area contributed by atoms with Crippen LogP contribution in [0.2, 0.25) is 0 Å². The third kappa shape index (κ3) is 8.65. The first-order valence-corrected chi connectivity index (χ1v) is 11.8. The molecule has 2 aliphatic rings. The number of carbonyl (C=O) groups is 2. The van der Waals surface area contributed by atoms with E-state index < -0.39 is 24.3 Å². The number of hydrogen-bond donors (Lipinski definition) is 2. The normalized spacial score (nSPS) is 20.5. The van der Waals surface area contributed by atoms with Gasteiger partial charge in [0.15, 0.2) is 0 Å². The Balaban J connectivity index is 0.000000317. The third-order valence-electron chi connectivity index (χ3n) is 6.62. The summed E-state index contributed by atoms with van der Waals surface area (Å²) in [5.74, 6) is -4.41. The van der Waals surface area contributed by atoms with E-state index in [1.807, 2.05) is 12.1 Å². The van der Waals surface area contributed by atoms with Crippen molar-refractivity contribution in [3.8, 4) is 0 Å². The van der Waals surface area contributed by atoms with Crippen LogP contribution in [0.1, 0.15) is 42.5 Å². The van der Waals surface area contributed by atoms with Crippen molar-refractivity contribution >= 4 is 11.9 Å². The minimum Gasteiger partial charge on any atom is -0.475 e. The minimum absolute atomic E-state index is 0.158. The van der Waals surface area contributed by atoms with Gasteiger partial charge in [0, 0.05) is 37.6 Å². The highest BCUT2D eigenvalue weighted by Crippen LogP contribution is 2.51. The Bertz CT molecular complexity index is 1100. The van der Waals surface area contributed by atoms with E-state index in [4.69, 9.17) is 19.8 Å². The summed E-state index contributed by atoms with van der Waals surface area (Å²) < 4.78 is 76.6. The fourth-order valence-electron chi connectivity index (χ4n) is 4.73. The summed E-state index contributed by atoms with van der Waals surface area (Å²) in [5.41, 5.74) is 4.25. The number of carboxylic acid groups (broad SMARTS) is 2. The van der Waals surface area contributed by atoms with Gasteiger partial charge >= 0.3 is 24.3 Å². The fraction of sp³-hybridized carbons (Fsp3) is 0.462. The Hall–Kier alpha value is -3.19. The first-order chi connectivity index (χ1) is 17.9. The fourth-order valence-corrected chi connectivity index (χ4v) is 4.73. The van der Waals surface area contributed by atoms with Crippen LogP contribution in [0.15, 0.2) is 48.5 Å². The average Bonchev–Trinajstić information content (AvgIpc) is 3.36. The van der Waals surface area contributed by atoms with Crippen molar-refractivity contribution < 1.29 is 50.5 Å². The number of halogens is 7. The van der Waals surface area contributed by atoms with E-state index in [-0.39, 0.29) is 5.82 Å². The molecule has 1 aliphatic carbocycles. The molecule has 0 spiro atoms. The number of hydrogen-bond acceptors (Lipinski definition) is 4. The molecule has 1 saturated heterocycles. The van der Waals surface area contributed by atoms with Gasteiger partial charge in [-0.3, -0.25) is 9.80 Å². The molecule has 6 nitrogen and oxygen atoms in total. The summed E-state index contributed by atoms with van der Waals surface area (Å²) in [7, 11) is 2.26. The van der Waals surface area contributed by atoms with Crippen LogP contribution in [0, 0.1) is 11.7 Å². The molecule has 1 fully saturated rings. The standard InChI is InChI=1S/C22H27FN2.2C2HF3O2/c1-15(2)24(3)22-19-7-5-4-6-18(19)20-13-25(14-21(20)22)12-16-8-10-17(23)11-9-16;2*3-2(4,5)1(6)7/h4-11,15,20-22H,12-14H2,1-3H3;2*(H,6,7)/t20-,21-,22-;;/m0../s1. The lowest BCUT2D eigenvalue weighted by molar-refractivity contribution is -0.193. The number of nitrogens with zero attached hydrogens (tertiary/aromatic N) is 2. The lowest BCUT2D eigenvalue weighted by Gasteiger charge is -2.33. The maximum atomic E-state index is 13.2. The lowest BCUT2D eigenvalue weighted by Crippen LogP contribution is -2.35. The van der Waals surface area contributed by atoms with Gasteiger partial charge in [0.2, 0.25) is 0 Å². The molecule has 0 amide bonds. The second kappa shape index (κ2) is 12.8. The van der Waals surface area contributed by atoms with Crippen molar-refractivity contribution in [2.45, 2.75) is 50.7 Å². The number of alkyl halides is 6. The van der Waals surface area contributed by atoms with Gasteiger partial charge in [-0.1, -0.05) is 36.4 Å². The van der Waals surface area contributed by atoms with Gasteiger partial charge in [-0.2, -0.15) is 26.3 Å². The predicted octanol–water partition coefficient (Wildman–Crippen LogP) is 5.70. The summed E-state index contributed by atoms with van der Waals surface area (Å²) in [6, 6.07) is 17.0. The van der Waals surface area contributed by atoms with Gasteiger partial charge < -0.3 is 10.2 Å². The number of rotatable bonds is 4. The van der Waals surface area contributed by atoms with Crippen molar-refractivity contribution in [1.82, 2.24) is 9.80 Å². The summed E-state index contributed by atoms with van der Waals surface area (Å²) in [6.45, 7) is 7.68. The zero-order valence-electron chi connectivity index (χ0n) is 21.3. The van der Waals surface area contributed by atoms with Crippen molar-refractivity contribution in [2.24, 2.45) is 5.92 Å². The summed E-state index contributed by atoms with van der Waals surface area (Å²) in [5, 5.41) is 14.2. The molecule has 0 aromatic heterocycles. The maximum Gasteiger partial charge on any atom is 0.490 e. The molecule has 3 atom stereocenters. The first kappa shape index (κ1) is 32.0. The van der Waals surface area contributed by atoms with Crippen LogP contribution in [0.4, 0.5) is 30.7 Å². The predicted molar refractivity (Wildman–Crippen MR) is 127 cm³/mol. The molecule has 39 heavy (non-hydrogen) atoms. The Morgan fingerprint density at radius 2 is 1.36 bits per heavy atom. The molecule has 1 aliphatic heterocycles. The highest BCUT2D eigenvalue weighted by Gasteiger charge is 2.47. The molecule has 4 rings (SSSR count). The molecular formula is C26H29F7N2O4. The second-order valence-electron chi connectivity index (χ2n) is 9.53. The molecule has 13 heteroatoms. The number of carboxylic acids is 2. The van der Waals surface area contributed by atoms with E-state index in [1.54, 1.807) is 12.1 Å². The highest BCUT2D eigenvalue weighted by molar-refractivity contribution is 5.73. The van der Waals surface area contributed by atoms with E-state index in [1.165, 1.54) is 16.7 Å². The molecule has 0 unspecified atom stereocenters. The quantitative estimate of drug-likeness (QED) is 0.462. The Morgan fingerprint density at radius 3 is 1.79 bits per heavy atom. The lowest BCUT2D eigenvalue weighted by atomic mass is 9.93. The SMILES string of the molecule is CC(C)N(C)[C@H]1c2ccccc2[C@@H]2CN(Cc3ccc(F)cc3)C[C@@H]21.O=C(O)C(F)(F)F.O=C(O)C(F)(F)F. The van der Waals surface area contributed by atoms with E-state index in [2.05, 4.69) is 55.0 Å². The van der Waals surface area contributed by atoms with Crippen LogP contribution >= 0.6 is 0 Å². The largest absolute Gasteiger partial charge is 0.490 e. The molecule has 0 radical (unpaired) electrons. The molecule has 2 N–H and O–H groups in total. The maximum absolute atomic E-state index is 13.2. The van der Waals surface area contributed by atoms with Gasteiger partial charge in [0.1, 0.15) is 5.82 Å². The summed E-state index contributed by atoms with van der Waals surface area (Å²) in [4.78, 5) is 22.9. The number of benzene rings is 2. The molecule has 0 bridgehead atoms. The zero-order chi connectivity index (χ0) is 29.7. The monoisotopic (exact) mass is 566 g/mol. The van der Waals surface area contributed by atoms with Crippen molar-refractivity contribution in [3.63, 3.8) is 0 Å². The molecule has 0 saturated carbocycles. The van der Waals surface area contributed by atoms with Gasteiger partial charge in [0.25, 0.3) is 0 Å². The van der Waals surface area contributed by atoms with Crippen LogP contribution in [-0.4, -0.2) is 70.5 Å². The van der Waals surface area contributed by atoms with E-state index in [9.17, 15) is 30.7 Å².